The molecule has 1 amide bonds. The average molecular weight is 347 g/mol. The summed E-state index contributed by atoms with van der Waals surface area (Å²) in [5, 5.41) is 19.5. The van der Waals surface area contributed by atoms with Crippen LogP contribution in [0.4, 0.5) is 0 Å². The zero-order valence-corrected chi connectivity index (χ0v) is 14.0. The van der Waals surface area contributed by atoms with Gasteiger partial charge in [0, 0.05) is 38.9 Å². The number of nitrogens with one attached hydrogen (secondary N) is 1. The Labute approximate surface area is 144 Å². The van der Waals surface area contributed by atoms with Crippen LogP contribution in [-0.4, -0.2) is 63.0 Å². The Morgan fingerprint density at radius 2 is 2.32 bits per heavy atom. The van der Waals surface area contributed by atoms with Gasteiger partial charge in [-0.1, -0.05) is 5.16 Å². The molecule has 1 aliphatic rings. The van der Waals surface area contributed by atoms with Crippen LogP contribution < -0.4 is 5.32 Å². The van der Waals surface area contributed by atoms with Gasteiger partial charge in [-0.2, -0.15) is 5.10 Å². The van der Waals surface area contributed by atoms with E-state index in [1.54, 1.807) is 35.1 Å². The monoisotopic (exact) mass is 347 g/mol. The van der Waals surface area contributed by atoms with Gasteiger partial charge in [-0.3, -0.25) is 14.3 Å². The van der Waals surface area contributed by atoms with Crippen LogP contribution in [0.3, 0.4) is 0 Å². The van der Waals surface area contributed by atoms with Crippen LogP contribution in [0.1, 0.15) is 23.3 Å². The lowest BCUT2D eigenvalue weighted by Gasteiger charge is -2.32. The smallest absolute Gasteiger partial charge is 0.317 e. The third-order valence-corrected chi connectivity index (χ3v) is 4.23. The Morgan fingerprint density at radius 1 is 1.48 bits per heavy atom. The first kappa shape index (κ1) is 17.2. The van der Waals surface area contributed by atoms with Gasteiger partial charge in [0.1, 0.15) is 0 Å². The van der Waals surface area contributed by atoms with Crippen LogP contribution in [-0.2, 0) is 11.8 Å². The Kier molecular flexibility index (Phi) is 5.13. The van der Waals surface area contributed by atoms with Gasteiger partial charge in [-0.25, -0.2) is 0 Å². The molecule has 0 aliphatic carbocycles. The minimum atomic E-state index is -0.880. The number of piperidine rings is 1. The summed E-state index contributed by atoms with van der Waals surface area (Å²) in [5.74, 6) is -0.300. The van der Waals surface area contributed by atoms with Crippen LogP contribution in [0, 0.1) is 5.92 Å². The van der Waals surface area contributed by atoms with Crippen molar-refractivity contribution in [3.8, 4) is 11.3 Å². The van der Waals surface area contributed by atoms with Gasteiger partial charge in [0.2, 0.25) is 0 Å². The normalized spacial score (nSPS) is 17.6. The van der Waals surface area contributed by atoms with Crippen molar-refractivity contribution in [2.24, 2.45) is 13.0 Å². The highest BCUT2D eigenvalue weighted by molar-refractivity contribution is 5.93. The maximum absolute atomic E-state index is 12.6. The average Bonchev–Trinajstić information content (AvgIpc) is 3.23. The van der Waals surface area contributed by atoms with Crippen LogP contribution in [0.15, 0.2) is 23.0 Å². The Hall–Kier alpha value is -2.68. The first-order chi connectivity index (χ1) is 12.0. The molecule has 1 fully saturated rings. The molecule has 0 bridgehead atoms. The fourth-order valence-corrected chi connectivity index (χ4v) is 3.02. The Bertz CT molecular complexity index is 753. The number of nitrogens with zero attached hydrogens (tertiary/aromatic N) is 4. The van der Waals surface area contributed by atoms with Crippen LogP contribution in [0.25, 0.3) is 11.3 Å². The second kappa shape index (κ2) is 7.47. The summed E-state index contributed by atoms with van der Waals surface area (Å²) in [6.45, 7) is 1.77. The molecule has 3 rings (SSSR count). The van der Waals surface area contributed by atoms with Gasteiger partial charge in [-0.05, 0) is 18.8 Å². The fourth-order valence-electron chi connectivity index (χ4n) is 3.02. The second-order valence-electron chi connectivity index (χ2n) is 6.26. The summed E-state index contributed by atoms with van der Waals surface area (Å²) >= 11 is 0. The Balaban J connectivity index is 1.60. The van der Waals surface area contributed by atoms with Crippen molar-refractivity contribution in [2.45, 2.75) is 12.8 Å². The van der Waals surface area contributed by atoms with Gasteiger partial charge in [0.25, 0.3) is 5.91 Å². The molecule has 1 atom stereocenters. The largest absolute Gasteiger partial charge is 0.480 e. The molecule has 9 heteroatoms. The van der Waals surface area contributed by atoms with Gasteiger partial charge in [0.05, 0.1) is 18.3 Å². The highest BCUT2D eigenvalue weighted by Gasteiger charge is 2.26. The van der Waals surface area contributed by atoms with Gasteiger partial charge >= 0.3 is 5.97 Å². The van der Waals surface area contributed by atoms with Crippen molar-refractivity contribution in [1.29, 1.82) is 0 Å². The molecule has 2 N–H and O–H groups in total. The number of carboxylic acids is 1. The van der Waals surface area contributed by atoms with Crippen molar-refractivity contribution in [1.82, 2.24) is 25.2 Å². The minimum Gasteiger partial charge on any atom is -0.480 e. The third kappa shape index (κ3) is 4.24. The highest BCUT2D eigenvalue weighted by Crippen LogP contribution is 2.22. The number of rotatable bonds is 6. The number of hydrogen-bond donors (Lipinski definition) is 2. The van der Waals surface area contributed by atoms with E-state index in [0.29, 0.717) is 25.4 Å². The molecule has 2 aromatic heterocycles. The molecule has 9 nitrogen and oxygen atoms in total. The fraction of sp³-hybridized carbons (Fsp3) is 0.500. The highest BCUT2D eigenvalue weighted by atomic mass is 16.5. The summed E-state index contributed by atoms with van der Waals surface area (Å²) in [5.41, 5.74) is 1.04. The zero-order chi connectivity index (χ0) is 17.8. The van der Waals surface area contributed by atoms with E-state index >= 15 is 0 Å². The van der Waals surface area contributed by atoms with Gasteiger partial charge < -0.3 is 19.8 Å². The first-order valence-corrected chi connectivity index (χ1v) is 8.20. The first-order valence-electron chi connectivity index (χ1n) is 8.20. The van der Waals surface area contributed by atoms with E-state index in [4.69, 9.17) is 9.63 Å². The SMILES string of the molecule is Cn1cc(-c2cc(C(=O)N3CCCC(CNCC(=O)O)C3)no2)cn1. The summed E-state index contributed by atoms with van der Waals surface area (Å²) in [7, 11) is 1.80. The Morgan fingerprint density at radius 3 is 3.04 bits per heavy atom. The molecule has 134 valence electrons. The standard InChI is InChI=1S/C16H21N5O4/c1-20-10-12(7-18-20)14-5-13(19-25-14)16(24)21-4-2-3-11(9-21)6-17-8-15(22)23/h5,7,10-11,17H,2-4,6,8-9H2,1H3,(H,22,23). The second-order valence-corrected chi connectivity index (χ2v) is 6.26. The summed E-state index contributed by atoms with van der Waals surface area (Å²) in [4.78, 5) is 25.0. The lowest BCUT2D eigenvalue weighted by molar-refractivity contribution is -0.136. The molecular formula is C16H21N5O4. The van der Waals surface area contributed by atoms with E-state index in [2.05, 4.69) is 15.6 Å². The maximum atomic E-state index is 12.6. The molecule has 1 unspecified atom stereocenters. The molecule has 25 heavy (non-hydrogen) atoms. The number of carbonyl (C=O) groups excluding carboxylic acids is 1. The molecule has 0 aromatic carbocycles. The molecule has 1 saturated heterocycles. The van der Waals surface area contributed by atoms with Crippen molar-refractivity contribution in [3.63, 3.8) is 0 Å². The van der Waals surface area contributed by atoms with Gasteiger partial charge in [0.15, 0.2) is 11.5 Å². The number of likely N-dealkylation sites (tertiary alicyclic amines) is 1. The van der Waals surface area contributed by atoms with Crippen molar-refractivity contribution in [2.75, 3.05) is 26.2 Å². The molecule has 0 saturated carbocycles. The topological polar surface area (TPSA) is 113 Å². The lowest BCUT2D eigenvalue weighted by atomic mass is 9.97. The summed E-state index contributed by atoms with van der Waals surface area (Å²) in [6, 6.07) is 1.63. The van der Waals surface area contributed by atoms with E-state index in [0.717, 1.165) is 18.4 Å². The lowest BCUT2D eigenvalue weighted by Crippen LogP contribution is -2.43. The van der Waals surface area contributed by atoms with Crippen LogP contribution in [0.5, 0.6) is 0 Å². The molecular weight excluding hydrogens is 326 g/mol. The minimum absolute atomic E-state index is 0.0673. The number of carboxylic acid groups (broad SMARTS) is 1. The number of hydrogen-bond acceptors (Lipinski definition) is 6. The molecule has 0 radical (unpaired) electrons. The molecule has 2 aromatic rings. The van der Waals surface area contributed by atoms with Crippen LogP contribution >= 0.6 is 0 Å². The summed E-state index contributed by atoms with van der Waals surface area (Å²) in [6.07, 6.45) is 5.30. The van der Waals surface area contributed by atoms with Crippen molar-refractivity contribution >= 4 is 11.9 Å². The van der Waals surface area contributed by atoms with E-state index < -0.39 is 5.97 Å². The number of aryl methyl sites for hydroxylation is 1. The molecule has 1 aliphatic heterocycles. The van der Waals surface area contributed by atoms with Crippen molar-refractivity contribution in [3.05, 3.63) is 24.2 Å². The molecule has 0 spiro atoms. The number of amides is 1. The number of aromatic nitrogens is 3. The quantitative estimate of drug-likeness (QED) is 0.786. The summed E-state index contributed by atoms with van der Waals surface area (Å²) < 4.78 is 6.92. The van der Waals surface area contributed by atoms with E-state index in [9.17, 15) is 9.59 Å². The van der Waals surface area contributed by atoms with Crippen molar-refractivity contribution < 1.29 is 19.2 Å². The van der Waals surface area contributed by atoms with Gasteiger partial charge in [-0.15, -0.1) is 0 Å². The van der Waals surface area contributed by atoms with E-state index in [1.165, 1.54) is 0 Å². The predicted octanol–water partition coefficient (Wildman–Crippen LogP) is 0.602. The molecule has 3 heterocycles. The van der Waals surface area contributed by atoms with E-state index in [1.807, 2.05) is 0 Å². The maximum Gasteiger partial charge on any atom is 0.317 e. The van der Waals surface area contributed by atoms with E-state index in [-0.39, 0.29) is 24.1 Å². The zero-order valence-electron chi connectivity index (χ0n) is 14.0. The van der Waals surface area contributed by atoms with Crippen LogP contribution in [0.2, 0.25) is 0 Å². The number of carbonyl (C=O) groups is 2. The predicted molar refractivity (Wildman–Crippen MR) is 87.8 cm³/mol. The number of aliphatic carboxylic acids is 1. The third-order valence-electron chi connectivity index (χ3n) is 4.23.